The summed E-state index contributed by atoms with van der Waals surface area (Å²) in [6, 6.07) is 61.8. The summed E-state index contributed by atoms with van der Waals surface area (Å²) in [7, 11) is 0. The Labute approximate surface area is 297 Å². The third kappa shape index (κ3) is 4.95. The molecule has 0 saturated carbocycles. The zero-order chi connectivity index (χ0) is 33.7. The summed E-state index contributed by atoms with van der Waals surface area (Å²) in [6.07, 6.45) is 10.0. The summed E-state index contributed by atoms with van der Waals surface area (Å²) in [5.41, 5.74) is 15.8. The summed E-state index contributed by atoms with van der Waals surface area (Å²) < 4.78 is 4.82. The highest BCUT2D eigenvalue weighted by molar-refractivity contribution is 6.10. The average Bonchev–Trinajstić information content (AvgIpc) is 3.57. The lowest BCUT2D eigenvalue weighted by Crippen LogP contribution is -1.97. The molecule has 2 heterocycles. The van der Waals surface area contributed by atoms with Crippen LogP contribution in [0.3, 0.4) is 0 Å². The molecule has 0 saturated heterocycles. The van der Waals surface area contributed by atoms with Crippen molar-refractivity contribution in [1.29, 1.82) is 0 Å². The highest BCUT2D eigenvalue weighted by atomic mass is 15.0. The van der Waals surface area contributed by atoms with Crippen LogP contribution in [0.1, 0.15) is 17.7 Å². The number of nitrogens with zero attached hydrogens (tertiary/aromatic N) is 2. The first-order valence-electron chi connectivity index (χ1n) is 17.7. The Hall–Kier alpha value is -6.64. The van der Waals surface area contributed by atoms with Crippen molar-refractivity contribution in [2.45, 2.75) is 6.42 Å². The molecule has 2 aromatic heterocycles. The Kier molecular flexibility index (Phi) is 6.92. The van der Waals surface area contributed by atoms with E-state index in [2.05, 4.69) is 203 Å². The molecule has 0 spiro atoms. The van der Waals surface area contributed by atoms with Crippen LogP contribution < -0.4 is 0 Å². The second kappa shape index (κ2) is 12.0. The minimum absolute atomic E-state index is 0.936. The van der Waals surface area contributed by atoms with Crippen LogP contribution in [0.4, 0.5) is 0 Å². The van der Waals surface area contributed by atoms with Crippen molar-refractivity contribution in [3.8, 4) is 44.8 Å². The van der Waals surface area contributed by atoms with Gasteiger partial charge in [0.25, 0.3) is 0 Å². The number of benzene rings is 7. The fourth-order valence-electron chi connectivity index (χ4n) is 7.87. The van der Waals surface area contributed by atoms with E-state index in [0.29, 0.717) is 0 Å². The summed E-state index contributed by atoms with van der Waals surface area (Å²) in [4.78, 5) is 0. The predicted octanol–water partition coefficient (Wildman–Crippen LogP) is 13.2. The van der Waals surface area contributed by atoms with E-state index in [4.69, 9.17) is 0 Å². The second-order valence-corrected chi connectivity index (χ2v) is 13.3. The van der Waals surface area contributed by atoms with Crippen LogP contribution >= 0.6 is 0 Å². The maximum atomic E-state index is 2.43. The third-order valence-corrected chi connectivity index (χ3v) is 10.3. The Bertz CT molecular complexity index is 2780. The molecule has 0 bridgehead atoms. The quantitative estimate of drug-likeness (QED) is 0.175. The van der Waals surface area contributed by atoms with Crippen LogP contribution in [0.25, 0.3) is 89.6 Å². The molecule has 240 valence electrons. The molecule has 7 aromatic carbocycles. The second-order valence-electron chi connectivity index (χ2n) is 13.3. The molecule has 1 aliphatic carbocycles. The molecular weight excluding hydrogens is 617 g/mol. The minimum Gasteiger partial charge on any atom is -0.309 e. The van der Waals surface area contributed by atoms with Gasteiger partial charge < -0.3 is 9.13 Å². The molecule has 0 fully saturated rings. The number of aromatic nitrogens is 2. The van der Waals surface area contributed by atoms with Gasteiger partial charge >= 0.3 is 0 Å². The summed E-state index contributed by atoms with van der Waals surface area (Å²) >= 11 is 0. The highest BCUT2D eigenvalue weighted by Crippen LogP contribution is 2.39. The number of hydrogen-bond acceptors (Lipinski definition) is 0. The van der Waals surface area contributed by atoms with Crippen molar-refractivity contribution in [3.05, 3.63) is 193 Å². The molecule has 1 aliphatic rings. The van der Waals surface area contributed by atoms with Gasteiger partial charge in [-0.15, -0.1) is 0 Å². The molecular formula is C49H34N2. The lowest BCUT2D eigenvalue weighted by atomic mass is 10.0. The molecule has 10 rings (SSSR count). The van der Waals surface area contributed by atoms with Crippen molar-refractivity contribution in [1.82, 2.24) is 9.13 Å². The van der Waals surface area contributed by atoms with Gasteiger partial charge in [-0.2, -0.15) is 0 Å². The van der Waals surface area contributed by atoms with E-state index >= 15 is 0 Å². The van der Waals surface area contributed by atoms with E-state index < -0.39 is 0 Å². The summed E-state index contributed by atoms with van der Waals surface area (Å²) in [5, 5.41) is 3.77. The Morgan fingerprint density at radius 1 is 0.333 bits per heavy atom. The van der Waals surface area contributed by atoms with Gasteiger partial charge in [0, 0.05) is 33.1 Å². The van der Waals surface area contributed by atoms with Crippen LogP contribution in [0.5, 0.6) is 0 Å². The molecule has 0 N–H and O–H groups in total. The van der Waals surface area contributed by atoms with E-state index in [-0.39, 0.29) is 0 Å². The minimum atomic E-state index is 0.936. The molecule has 0 aliphatic heterocycles. The van der Waals surface area contributed by atoms with Gasteiger partial charge in [-0.3, -0.25) is 0 Å². The van der Waals surface area contributed by atoms with Crippen LogP contribution in [-0.4, -0.2) is 9.13 Å². The fourth-order valence-corrected chi connectivity index (χ4v) is 7.87. The van der Waals surface area contributed by atoms with Gasteiger partial charge in [0.1, 0.15) is 0 Å². The van der Waals surface area contributed by atoms with Crippen molar-refractivity contribution in [2.75, 3.05) is 0 Å². The zero-order valence-corrected chi connectivity index (χ0v) is 28.1. The van der Waals surface area contributed by atoms with Crippen molar-refractivity contribution in [3.63, 3.8) is 0 Å². The van der Waals surface area contributed by atoms with Gasteiger partial charge in [-0.05, 0) is 94.4 Å². The molecule has 2 nitrogen and oxygen atoms in total. The first-order valence-corrected chi connectivity index (χ1v) is 17.7. The SMILES string of the molecule is C1=Cc2c(n(-c3ccc(-c4ccccc4)cc3)c3cc(-c4ccc5c(c4)c4ccccc4n5-c4ccc(-c5ccccc5)cc4)ccc23)C=CC1. The summed E-state index contributed by atoms with van der Waals surface area (Å²) in [6.45, 7) is 0. The van der Waals surface area contributed by atoms with Crippen LogP contribution in [0.2, 0.25) is 0 Å². The number of rotatable bonds is 5. The van der Waals surface area contributed by atoms with Gasteiger partial charge in [-0.25, -0.2) is 0 Å². The first kappa shape index (κ1) is 29.3. The molecule has 2 heteroatoms. The average molecular weight is 651 g/mol. The molecule has 0 amide bonds. The van der Waals surface area contributed by atoms with Crippen molar-refractivity contribution < 1.29 is 0 Å². The predicted molar refractivity (Wildman–Crippen MR) is 217 cm³/mol. The maximum absolute atomic E-state index is 2.43. The van der Waals surface area contributed by atoms with Gasteiger partial charge in [0.2, 0.25) is 0 Å². The number of hydrogen-bond donors (Lipinski definition) is 0. The van der Waals surface area contributed by atoms with Crippen LogP contribution in [0.15, 0.2) is 182 Å². The number of allylic oxidation sites excluding steroid dienone is 2. The van der Waals surface area contributed by atoms with Crippen LogP contribution in [-0.2, 0) is 0 Å². The molecule has 9 aromatic rings. The van der Waals surface area contributed by atoms with Gasteiger partial charge in [-0.1, -0.05) is 140 Å². The zero-order valence-electron chi connectivity index (χ0n) is 28.1. The third-order valence-electron chi connectivity index (χ3n) is 10.3. The van der Waals surface area contributed by atoms with Crippen LogP contribution in [0, 0.1) is 0 Å². The first-order chi connectivity index (χ1) is 25.3. The normalized spacial score (nSPS) is 12.5. The molecule has 0 radical (unpaired) electrons. The molecule has 0 unspecified atom stereocenters. The van der Waals surface area contributed by atoms with Crippen molar-refractivity contribution >= 4 is 44.9 Å². The topological polar surface area (TPSA) is 9.86 Å². The monoisotopic (exact) mass is 650 g/mol. The lowest BCUT2D eigenvalue weighted by molar-refractivity contribution is 1.11. The van der Waals surface area contributed by atoms with E-state index in [1.807, 2.05) is 0 Å². The van der Waals surface area contributed by atoms with E-state index in [1.54, 1.807) is 0 Å². The summed E-state index contributed by atoms with van der Waals surface area (Å²) in [5.74, 6) is 0. The van der Waals surface area contributed by atoms with Crippen molar-refractivity contribution in [2.24, 2.45) is 0 Å². The van der Waals surface area contributed by atoms with Gasteiger partial charge in [0.05, 0.1) is 22.2 Å². The molecule has 0 atom stereocenters. The Balaban J connectivity index is 1.10. The maximum Gasteiger partial charge on any atom is 0.0547 e. The number of fused-ring (bicyclic) bond motifs is 6. The highest BCUT2D eigenvalue weighted by Gasteiger charge is 2.18. The molecule has 51 heavy (non-hydrogen) atoms. The standard InChI is InChI=1S/C49H34N2/c1-4-12-34(13-5-1)36-20-26-40(27-21-36)50-47-19-11-10-17-43(47)45-32-38(25-31-48(45)50)39-24-30-44-42-16-8-3-9-18-46(42)51(49(44)33-39)41-28-22-37(23-29-41)35-14-6-2-7-15-35/h1-2,4-33H,3H2. The van der Waals surface area contributed by atoms with E-state index in [9.17, 15) is 0 Å². The van der Waals surface area contributed by atoms with E-state index in [1.165, 1.54) is 77.3 Å². The van der Waals surface area contributed by atoms with Gasteiger partial charge in [0.15, 0.2) is 0 Å². The number of para-hydroxylation sites is 1. The Morgan fingerprint density at radius 2 is 0.863 bits per heavy atom. The lowest BCUT2D eigenvalue weighted by Gasteiger charge is -2.12. The largest absolute Gasteiger partial charge is 0.309 e. The van der Waals surface area contributed by atoms with E-state index in [0.717, 1.165) is 17.8 Å². The Morgan fingerprint density at radius 3 is 1.57 bits per heavy atom. The smallest absolute Gasteiger partial charge is 0.0547 e. The fraction of sp³-hybridized carbons (Fsp3) is 0.0204.